The zero-order valence-electron chi connectivity index (χ0n) is 14.6. The van der Waals surface area contributed by atoms with Crippen LogP contribution in [0.3, 0.4) is 0 Å². The lowest BCUT2D eigenvalue weighted by molar-refractivity contribution is 0.0947. The van der Waals surface area contributed by atoms with Crippen LogP contribution in [0, 0.1) is 11.3 Å². The molecule has 5 heteroatoms. The van der Waals surface area contributed by atoms with Crippen molar-refractivity contribution >= 4 is 11.7 Å². The zero-order valence-corrected chi connectivity index (χ0v) is 14.6. The monoisotopic (exact) mass is 355 g/mol. The largest absolute Gasteiger partial charge is 0.348 e. The Balaban J connectivity index is 1.64. The first-order valence-corrected chi connectivity index (χ1v) is 8.46. The van der Waals surface area contributed by atoms with Gasteiger partial charge in [0.1, 0.15) is 0 Å². The Labute approximate surface area is 157 Å². The molecule has 1 N–H and O–H groups in total. The molecule has 0 bridgehead atoms. The van der Waals surface area contributed by atoms with Gasteiger partial charge in [-0.1, -0.05) is 42.5 Å². The van der Waals surface area contributed by atoms with Crippen molar-refractivity contribution in [2.75, 3.05) is 0 Å². The van der Waals surface area contributed by atoms with Gasteiger partial charge in [0, 0.05) is 29.6 Å². The summed E-state index contributed by atoms with van der Waals surface area (Å²) in [6.45, 7) is 0.432. The van der Waals surface area contributed by atoms with Gasteiger partial charge in [-0.25, -0.2) is 0 Å². The smallest absolute Gasteiger partial charge is 0.251 e. The van der Waals surface area contributed by atoms with E-state index in [2.05, 4.69) is 10.3 Å². The number of carbonyl (C=O) groups is 2. The van der Waals surface area contributed by atoms with Crippen LogP contribution in [0.15, 0.2) is 72.9 Å². The van der Waals surface area contributed by atoms with Crippen molar-refractivity contribution in [2.45, 2.75) is 13.0 Å². The van der Waals surface area contributed by atoms with Crippen LogP contribution >= 0.6 is 0 Å². The van der Waals surface area contributed by atoms with Crippen molar-refractivity contribution in [3.8, 4) is 6.07 Å². The minimum Gasteiger partial charge on any atom is -0.348 e. The van der Waals surface area contributed by atoms with Crippen molar-refractivity contribution < 1.29 is 9.59 Å². The predicted molar refractivity (Wildman–Crippen MR) is 101 cm³/mol. The summed E-state index contributed by atoms with van der Waals surface area (Å²) in [7, 11) is 0. The van der Waals surface area contributed by atoms with Gasteiger partial charge < -0.3 is 5.32 Å². The van der Waals surface area contributed by atoms with E-state index in [1.807, 2.05) is 36.4 Å². The van der Waals surface area contributed by atoms with Crippen LogP contribution in [0.5, 0.6) is 0 Å². The number of amides is 1. The van der Waals surface area contributed by atoms with E-state index in [1.165, 1.54) is 6.20 Å². The molecule has 0 saturated heterocycles. The number of nitriles is 1. The van der Waals surface area contributed by atoms with Gasteiger partial charge in [-0.15, -0.1) is 0 Å². The van der Waals surface area contributed by atoms with Crippen molar-refractivity contribution in [3.05, 3.63) is 101 Å². The number of hydrogen-bond donors (Lipinski definition) is 1. The topological polar surface area (TPSA) is 82.8 Å². The Hall–Kier alpha value is -3.78. The average molecular weight is 355 g/mol. The summed E-state index contributed by atoms with van der Waals surface area (Å²) in [5, 5.41) is 11.7. The van der Waals surface area contributed by atoms with Crippen molar-refractivity contribution in [2.24, 2.45) is 0 Å². The molecule has 1 aromatic heterocycles. The van der Waals surface area contributed by atoms with E-state index >= 15 is 0 Å². The molecule has 0 spiro atoms. The average Bonchev–Trinajstić information content (AvgIpc) is 2.73. The Bertz CT molecular complexity index is 990. The predicted octanol–water partition coefficient (Wildman–Crippen LogP) is 3.31. The second-order valence-electron chi connectivity index (χ2n) is 5.99. The van der Waals surface area contributed by atoms with Crippen LogP contribution in [0.25, 0.3) is 0 Å². The number of benzene rings is 2. The number of rotatable bonds is 6. The standard InChI is InChI=1S/C22H17N3O2/c23-14-16-6-8-18(9-7-16)21(26)13-20-12-19(10-11-24-20)22(27)25-15-17-4-2-1-3-5-17/h1-12H,13,15H2,(H,25,27). The highest BCUT2D eigenvalue weighted by Crippen LogP contribution is 2.10. The van der Waals surface area contributed by atoms with Gasteiger partial charge in [-0.2, -0.15) is 5.26 Å². The molecule has 0 radical (unpaired) electrons. The van der Waals surface area contributed by atoms with E-state index in [0.29, 0.717) is 28.9 Å². The van der Waals surface area contributed by atoms with Crippen LogP contribution in [0.2, 0.25) is 0 Å². The number of carbonyl (C=O) groups excluding carboxylic acids is 2. The van der Waals surface area contributed by atoms with Gasteiger partial charge in [0.15, 0.2) is 5.78 Å². The van der Waals surface area contributed by atoms with Crippen LogP contribution in [-0.4, -0.2) is 16.7 Å². The molecule has 0 aliphatic rings. The maximum absolute atomic E-state index is 12.4. The van der Waals surface area contributed by atoms with E-state index < -0.39 is 0 Å². The maximum Gasteiger partial charge on any atom is 0.251 e. The van der Waals surface area contributed by atoms with E-state index in [4.69, 9.17) is 5.26 Å². The van der Waals surface area contributed by atoms with E-state index in [-0.39, 0.29) is 18.1 Å². The Morgan fingerprint density at radius 1 is 0.963 bits per heavy atom. The van der Waals surface area contributed by atoms with Gasteiger partial charge in [0.25, 0.3) is 5.91 Å². The van der Waals surface area contributed by atoms with Crippen molar-refractivity contribution in [1.82, 2.24) is 10.3 Å². The number of Topliss-reactive ketones (excluding diaryl/α,β-unsaturated/α-hetero) is 1. The number of aromatic nitrogens is 1. The molecule has 1 heterocycles. The number of hydrogen-bond acceptors (Lipinski definition) is 4. The quantitative estimate of drug-likeness (QED) is 0.688. The highest BCUT2D eigenvalue weighted by atomic mass is 16.1. The Morgan fingerprint density at radius 2 is 1.70 bits per heavy atom. The molecule has 0 aliphatic heterocycles. The van der Waals surface area contributed by atoms with Crippen LogP contribution in [-0.2, 0) is 13.0 Å². The minimum atomic E-state index is -0.215. The maximum atomic E-state index is 12.4. The summed E-state index contributed by atoms with van der Waals surface area (Å²) < 4.78 is 0. The van der Waals surface area contributed by atoms with Gasteiger partial charge in [-0.05, 0) is 29.8 Å². The summed E-state index contributed by atoms with van der Waals surface area (Å²) >= 11 is 0. The molecule has 27 heavy (non-hydrogen) atoms. The molecular weight excluding hydrogens is 338 g/mol. The molecule has 0 saturated carbocycles. The van der Waals surface area contributed by atoms with Gasteiger partial charge >= 0.3 is 0 Å². The SMILES string of the molecule is N#Cc1ccc(C(=O)Cc2cc(C(=O)NCc3ccccc3)ccn2)cc1. The Kier molecular flexibility index (Phi) is 5.70. The van der Waals surface area contributed by atoms with Crippen molar-refractivity contribution in [1.29, 1.82) is 5.26 Å². The first-order chi connectivity index (χ1) is 13.2. The third-order valence-corrected chi connectivity index (χ3v) is 4.05. The first-order valence-electron chi connectivity index (χ1n) is 8.46. The third kappa shape index (κ3) is 4.86. The van der Waals surface area contributed by atoms with Crippen LogP contribution in [0.4, 0.5) is 0 Å². The number of pyridine rings is 1. The van der Waals surface area contributed by atoms with Gasteiger partial charge in [0.2, 0.25) is 0 Å². The normalized spacial score (nSPS) is 10.0. The highest BCUT2D eigenvalue weighted by Gasteiger charge is 2.11. The van der Waals surface area contributed by atoms with Crippen LogP contribution in [0.1, 0.15) is 37.5 Å². The highest BCUT2D eigenvalue weighted by molar-refractivity contribution is 5.98. The molecule has 3 rings (SSSR count). The second kappa shape index (κ2) is 8.54. The lowest BCUT2D eigenvalue weighted by Gasteiger charge is -2.07. The van der Waals surface area contributed by atoms with Gasteiger partial charge in [0.05, 0.1) is 18.1 Å². The van der Waals surface area contributed by atoms with E-state index in [1.54, 1.807) is 36.4 Å². The molecular formula is C22H17N3O2. The van der Waals surface area contributed by atoms with Crippen molar-refractivity contribution in [3.63, 3.8) is 0 Å². The molecule has 132 valence electrons. The Morgan fingerprint density at radius 3 is 2.41 bits per heavy atom. The molecule has 1 amide bonds. The summed E-state index contributed by atoms with van der Waals surface area (Å²) in [4.78, 5) is 28.9. The lowest BCUT2D eigenvalue weighted by atomic mass is 10.0. The van der Waals surface area contributed by atoms with Crippen LogP contribution < -0.4 is 5.32 Å². The molecule has 5 nitrogen and oxygen atoms in total. The van der Waals surface area contributed by atoms with Gasteiger partial charge in [-0.3, -0.25) is 14.6 Å². The zero-order chi connectivity index (χ0) is 19.1. The minimum absolute atomic E-state index is 0.0890. The fourth-order valence-corrected chi connectivity index (χ4v) is 2.59. The second-order valence-corrected chi connectivity index (χ2v) is 5.99. The summed E-state index contributed by atoms with van der Waals surface area (Å²) in [5.74, 6) is -0.331. The molecule has 0 fully saturated rings. The van der Waals surface area contributed by atoms with E-state index in [0.717, 1.165) is 5.56 Å². The molecule has 0 atom stereocenters. The number of ketones is 1. The molecule has 2 aromatic carbocycles. The summed E-state index contributed by atoms with van der Waals surface area (Å²) in [6, 6.07) is 21.4. The summed E-state index contributed by atoms with van der Waals surface area (Å²) in [6.07, 6.45) is 1.62. The fourth-order valence-electron chi connectivity index (χ4n) is 2.59. The lowest BCUT2D eigenvalue weighted by Crippen LogP contribution is -2.23. The summed E-state index contributed by atoms with van der Waals surface area (Å²) in [5.41, 5.74) is 3.01. The molecule has 0 aliphatic carbocycles. The number of nitrogens with zero attached hydrogens (tertiary/aromatic N) is 2. The fraction of sp³-hybridized carbons (Fsp3) is 0.0909. The third-order valence-electron chi connectivity index (χ3n) is 4.05. The molecule has 0 unspecified atom stereocenters. The molecule has 3 aromatic rings. The van der Waals surface area contributed by atoms with E-state index in [9.17, 15) is 9.59 Å². The number of nitrogens with one attached hydrogen (secondary N) is 1. The first kappa shape index (κ1) is 18.0.